The minimum atomic E-state index is -0.128. The topological polar surface area (TPSA) is 25.8 Å². The molecular weight excluding hydrogens is 472 g/mol. The highest BCUT2D eigenvalue weighted by Crippen LogP contribution is 2.53. The van der Waals surface area contributed by atoms with Crippen LogP contribution in [0.3, 0.4) is 0 Å². The van der Waals surface area contributed by atoms with Crippen molar-refractivity contribution in [2.75, 3.05) is 0 Å². The van der Waals surface area contributed by atoms with E-state index >= 15 is 0 Å². The third kappa shape index (κ3) is 3.15. The molecule has 0 bridgehead atoms. The monoisotopic (exact) mass is 498 g/mol. The lowest BCUT2D eigenvalue weighted by Crippen LogP contribution is -2.16. The molecule has 2 aromatic heterocycles. The molecule has 2 heteroatoms. The zero-order valence-electron chi connectivity index (χ0n) is 21.9. The van der Waals surface area contributed by atoms with Gasteiger partial charge in [-0.1, -0.05) is 117 Å². The summed E-state index contributed by atoms with van der Waals surface area (Å²) in [6.07, 6.45) is 1.90. The molecule has 184 valence electrons. The van der Waals surface area contributed by atoms with E-state index in [2.05, 4.69) is 129 Å². The lowest BCUT2D eigenvalue weighted by molar-refractivity contribution is 0.666. The second-order valence-corrected chi connectivity index (χ2v) is 11.0. The van der Waals surface area contributed by atoms with Gasteiger partial charge in [-0.05, 0) is 45.2 Å². The van der Waals surface area contributed by atoms with Gasteiger partial charge in [0.25, 0.3) is 0 Å². The summed E-state index contributed by atoms with van der Waals surface area (Å²) in [5.41, 5.74) is 10.6. The summed E-state index contributed by atoms with van der Waals surface area (Å²) in [6, 6.07) is 41.3. The van der Waals surface area contributed by atoms with Gasteiger partial charge < -0.3 is 0 Å². The van der Waals surface area contributed by atoms with E-state index in [4.69, 9.17) is 9.97 Å². The van der Waals surface area contributed by atoms with Crippen molar-refractivity contribution in [2.24, 2.45) is 0 Å². The summed E-state index contributed by atoms with van der Waals surface area (Å²) >= 11 is 0. The zero-order chi connectivity index (χ0) is 26.1. The number of rotatable bonds is 2. The highest BCUT2D eigenvalue weighted by atomic mass is 14.7. The summed E-state index contributed by atoms with van der Waals surface area (Å²) in [7, 11) is 0. The molecular formula is C37H26N2. The average molecular weight is 499 g/mol. The summed E-state index contributed by atoms with van der Waals surface area (Å²) < 4.78 is 0. The van der Waals surface area contributed by atoms with Gasteiger partial charge in [-0.3, -0.25) is 4.98 Å². The van der Waals surface area contributed by atoms with Gasteiger partial charge in [-0.2, -0.15) is 0 Å². The highest BCUT2D eigenvalue weighted by molar-refractivity contribution is 6.15. The highest BCUT2D eigenvalue weighted by Gasteiger charge is 2.37. The number of para-hydroxylation sites is 1. The lowest BCUT2D eigenvalue weighted by Gasteiger charge is -2.24. The van der Waals surface area contributed by atoms with Crippen LogP contribution in [0.5, 0.6) is 0 Å². The minimum Gasteiger partial charge on any atom is -0.256 e. The van der Waals surface area contributed by atoms with E-state index in [9.17, 15) is 0 Å². The van der Waals surface area contributed by atoms with Crippen LogP contribution in [0, 0.1) is 0 Å². The quantitative estimate of drug-likeness (QED) is 0.222. The molecule has 0 amide bonds. The Labute approximate surface area is 227 Å². The molecule has 0 fully saturated rings. The van der Waals surface area contributed by atoms with Crippen LogP contribution in [0.2, 0.25) is 0 Å². The van der Waals surface area contributed by atoms with Gasteiger partial charge >= 0.3 is 0 Å². The van der Waals surface area contributed by atoms with Crippen molar-refractivity contribution in [3.8, 4) is 33.6 Å². The molecule has 0 saturated heterocycles. The van der Waals surface area contributed by atoms with E-state index in [-0.39, 0.29) is 5.41 Å². The molecule has 1 aliphatic carbocycles. The van der Waals surface area contributed by atoms with Crippen molar-refractivity contribution in [2.45, 2.75) is 19.3 Å². The third-order valence-electron chi connectivity index (χ3n) is 8.49. The maximum Gasteiger partial charge on any atom is 0.0791 e. The van der Waals surface area contributed by atoms with Crippen molar-refractivity contribution < 1.29 is 0 Å². The summed E-state index contributed by atoms with van der Waals surface area (Å²) in [5.74, 6) is 0. The molecule has 1 aliphatic rings. The van der Waals surface area contributed by atoms with E-state index in [1.165, 1.54) is 49.2 Å². The van der Waals surface area contributed by atoms with Gasteiger partial charge in [0.2, 0.25) is 0 Å². The molecule has 0 unspecified atom stereocenters. The first-order valence-electron chi connectivity index (χ1n) is 13.5. The van der Waals surface area contributed by atoms with E-state index in [0.29, 0.717) is 0 Å². The standard InChI is InChI=1S/C37H26N2/c1-37(2)31-13-7-5-11-27(31)30-20-19-29-28-12-6-8-14-32(28)39-36(33(29)34(30)37)25-17-15-24(16-18-25)35-26-10-4-3-9-23(26)21-22-38-35/h3-22H,1-2H3. The number of aromatic nitrogens is 2. The fraction of sp³-hybridized carbons (Fsp3) is 0.0811. The number of hydrogen-bond donors (Lipinski definition) is 0. The molecule has 0 atom stereocenters. The van der Waals surface area contributed by atoms with E-state index in [1.807, 2.05) is 6.20 Å². The normalized spacial score (nSPS) is 13.6. The van der Waals surface area contributed by atoms with Gasteiger partial charge in [0.05, 0.1) is 16.9 Å². The number of hydrogen-bond acceptors (Lipinski definition) is 2. The van der Waals surface area contributed by atoms with Gasteiger partial charge in [-0.25, -0.2) is 4.98 Å². The molecule has 5 aromatic carbocycles. The lowest BCUT2D eigenvalue weighted by atomic mass is 9.79. The van der Waals surface area contributed by atoms with E-state index < -0.39 is 0 Å². The maximum absolute atomic E-state index is 5.32. The fourth-order valence-corrected chi connectivity index (χ4v) is 6.66. The van der Waals surface area contributed by atoms with Gasteiger partial charge in [0, 0.05) is 38.9 Å². The molecule has 0 radical (unpaired) electrons. The van der Waals surface area contributed by atoms with Gasteiger partial charge in [0.1, 0.15) is 0 Å². The number of nitrogens with zero attached hydrogens (tertiary/aromatic N) is 2. The van der Waals surface area contributed by atoms with Crippen molar-refractivity contribution in [1.82, 2.24) is 9.97 Å². The Morgan fingerprint density at radius 3 is 2.08 bits per heavy atom. The largest absolute Gasteiger partial charge is 0.256 e. The first kappa shape index (κ1) is 22.2. The minimum absolute atomic E-state index is 0.128. The smallest absolute Gasteiger partial charge is 0.0791 e. The number of benzene rings is 5. The third-order valence-corrected chi connectivity index (χ3v) is 8.49. The van der Waals surface area contributed by atoms with Crippen LogP contribution in [0.4, 0.5) is 0 Å². The van der Waals surface area contributed by atoms with Crippen LogP contribution >= 0.6 is 0 Å². The molecule has 8 rings (SSSR count). The summed E-state index contributed by atoms with van der Waals surface area (Å²) in [6.45, 7) is 4.71. The van der Waals surface area contributed by atoms with Crippen LogP contribution in [0.15, 0.2) is 121 Å². The molecule has 39 heavy (non-hydrogen) atoms. The van der Waals surface area contributed by atoms with Crippen molar-refractivity contribution in [3.05, 3.63) is 133 Å². The van der Waals surface area contributed by atoms with Crippen molar-refractivity contribution in [1.29, 1.82) is 0 Å². The van der Waals surface area contributed by atoms with Crippen LogP contribution in [0.1, 0.15) is 25.0 Å². The number of fused-ring (bicyclic) bond motifs is 8. The second-order valence-electron chi connectivity index (χ2n) is 11.0. The first-order chi connectivity index (χ1) is 19.1. The zero-order valence-corrected chi connectivity index (χ0v) is 21.9. The molecule has 2 heterocycles. The van der Waals surface area contributed by atoms with Crippen LogP contribution < -0.4 is 0 Å². The Hall–Kier alpha value is -4.82. The predicted octanol–water partition coefficient (Wildman–Crippen LogP) is 9.58. The average Bonchev–Trinajstić information content (AvgIpc) is 3.23. The SMILES string of the molecule is CC1(C)c2ccccc2-c2ccc3c(c(-c4ccc(-c5nccc6ccccc56)cc4)nc4ccccc43)c21. The van der Waals surface area contributed by atoms with E-state index in [0.717, 1.165) is 28.0 Å². The van der Waals surface area contributed by atoms with Crippen LogP contribution in [-0.2, 0) is 5.41 Å². The molecule has 0 spiro atoms. The van der Waals surface area contributed by atoms with Crippen LogP contribution in [-0.4, -0.2) is 9.97 Å². The van der Waals surface area contributed by atoms with E-state index in [1.54, 1.807) is 0 Å². The fourth-order valence-electron chi connectivity index (χ4n) is 6.66. The second kappa shape index (κ2) is 8.09. The number of pyridine rings is 2. The molecule has 7 aromatic rings. The van der Waals surface area contributed by atoms with Crippen molar-refractivity contribution >= 4 is 32.4 Å². The summed E-state index contributed by atoms with van der Waals surface area (Å²) in [5, 5.41) is 6.08. The molecule has 0 aliphatic heterocycles. The molecule has 0 N–H and O–H groups in total. The molecule has 0 saturated carbocycles. The first-order valence-corrected chi connectivity index (χ1v) is 13.5. The Kier molecular flexibility index (Phi) is 4.60. The van der Waals surface area contributed by atoms with Gasteiger partial charge in [0.15, 0.2) is 0 Å². The van der Waals surface area contributed by atoms with Crippen molar-refractivity contribution in [3.63, 3.8) is 0 Å². The Morgan fingerprint density at radius 1 is 0.538 bits per heavy atom. The Balaban J connectivity index is 1.40. The Morgan fingerprint density at radius 2 is 1.23 bits per heavy atom. The van der Waals surface area contributed by atoms with Crippen LogP contribution in [0.25, 0.3) is 66.1 Å². The predicted molar refractivity (Wildman–Crippen MR) is 163 cm³/mol. The maximum atomic E-state index is 5.32. The Bertz CT molecular complexity index is 2080. The van der Waals surface area contributed by atoms with Gasteiger partial charge in [-0.15, -0.1) is 0 Å². The molecule has 2 nitrogen and oxygen atoms in total. The summed E-state index contributed by atoms with van der Waals surface area (Å²) in [4.78, 5) is 10.1.